The van der Waals surface area contributed by atoms with Crippen LogP contribution in [0, 0.1) is 5.92 Å². The number of hydrogen-bond donors (Lipinski definition) is 2. The molecule has 2 unspecified atom stereocenters. The summed E-state index contributed by atoms with van der Waals surface area (Å²) in [5.74, 6) is 0.526. The number of aromatic nitrogens is 2. The molecular formula is C18H24N4O2S. The topological polar surface area (TPSA) is 78.4 Å². The maximum atomic E-state index is 12.3. The van der Waals surface area contributed by atoms with Gasteiger partial charge in [0.05, 0.1) is 6.10 Å². The van der Waals surface area contributed by atoms with E-state index in [4.69, 9.17) is 0 Å². The molecule has 7 heteroatoms. The molecule has 0 bridgehead atoms. The lowest BCUT2D eigenvalue weighted by molar-refractivity contribution is 0.117. The van der Waals surface area contributed by atoms with Crippen LogP contribution in [0.1, 0.15) is 42.7 Å². The predicted octanol–water partition coefficient (Wildman–Crippen LogP) is 3.31. The van der Waals surface area contributed by atoms with Crippen molar-refractivity contribution in [3.8, 4) is 0 Å². The van der Waals surface area contributed by atoms with Crippen LogP contribution in [0.4, 0.5) is 9.93 Å². The quantitative estimate of drug-likeness (QED) is 0.794. The minimum absolute atomic E-state index is 0.179. The van der Waals surface area contributed by atoms with Crippen LogP contribution in [-0.4, -0.2) is 45.9 Å². The molecule has 2 aromatic rings. The zero-order valence-corrected chi connectivity index (χ0v) is 15.4. The number of nitrogens with zero attached hydrogens (tertiary/aromatic N) is 3. The van der Waals surface area contributed by atoms with Crippen molar-refractivity contribution in [1.82, 2.24) is 15.1 Å². The van der Waals surface area contributed by atoms with Gasteiger partial charge in [-0.05, 0) is 30.7 Å². The van der Waals surface area contributed by atoms with E-state index in [0.717, 1.165) is 24.3 Å². The molecular weight excluding hydrogens is 336 g/mol. The van der Waals surface area contributed by atoms with Crippen molar-refractivity contribution in [2.75, 3.05) is 18.9 Å². The van der Waals surface area contributed by atoms with Crippen LogP contribution >= 0.6 is 11.3 Å². The van der Waals surface area contributed by atoms with Crippen molar-refractivity contribution in [2.45, 2.75) is 38.2 Å². The third-order valence-corrected chi connectivity index (χ3v) is 5.49. The molecule has 1 aromatic carbocycles. The van der Waals surface area contributed by atoms with Crippen LogP contribution in [-0.2, 0) is 0 Å². The number of hydrogen-bond acceptors (Lipinski definition) is 5. The molecule has 3 rings (SSSR count). The third-order valence-electron chi connectivity index (χ3n) is 4.54. The zero-order valence-electron chi connectivity index (χ0n) is 14.6. The van der Waals surface area contributed by atoms with Crippen molar-refractivity contribution < 1.29 is 9.90 Å². The lowest BCUT2D eigenvalue weighted by Crippen LogP contribution is -2.37. The minimum Gasteiger partial charge on any atom is -0.391 e. The molecule has 25 heavy (non-hydrogen) atoms. The summed E-state index contributed by atoms with van der Waals surface area (Å²) >= 11 is 1.40. The first-order valence-electron chi connectivity index (χ1n) is 8.67. The number of anilines is 1. The number of carbonyl (C=O) groups is 1. The summed E-state index contributed by atoms with van der Waals surface area (Å²) in [5.41, 5.74) is 1.20. The molecule has 1 saturated carbocycles. The van der Waals surface area contributed by atoms with Gasteiger partial charge in [-0.1, -0.05) is 48.6 Å². The van der Waals surface area contributed by atoms with Crippen molar-refractivity contribution in [2.24, 2.45) is 5.92 Å². The average Bonchev–Trinajstić information content (AvgIpc) is 3.38. The van der Waals surface area contributed by atoms with Crippen molar-refractivity contribution in [3.63, 3.8) is 0 Å². The van der Waals surface area contributed by atoms with Gasteiger partial charge in [-0.2, -0.15) is 0 Å². The maximum absolute atomic E-state index is 12.3. The van der Waals surface area contributed by atoms with Crippen LogP contribution in [0.15, 0.2) is 30.3 Å². The van der Waals surface area contributed by atoms with Crippen LogP contribution in [0.2, 0.25) is 0 Å². The molecule has 0 radical (unpaired) electrons. The van der Waals surface area contributed by atoms with E-state index >= 15 is 0 Å². The molecule has 0 spiro atoms. The smallest absolute Gasteiger partial charge is 0.323 e. The lowest BCUT2D eigenvalue weighted by Gasteiger charge is -2.20. The van der Waals surface area contributed by atoms with Gasteiger partial charge in [0, 0.05) is 19.5 Å². The van der Waals surface area contributed by atoms with Gasteiger partial charge in [0.2, 0.25) is 5.13 Å². The molecule has 134 valence electrons. The molecule has 1 aromatic heterocycles. The van der Waals surface area contributed by atoms with Gasteiger partial charge in [-0.3, -0.25) is 5.32 Å². The third kappa shape index (κ3) is 4.55. The molecule has 1 aliphatic rings. The highest BCUT2D eigenvalue weighted by molar-refractivity contribution is 7.15. The number of aliphatic hydroxyl groups excluding tert-OH is 1. The molecule has 1 aliphatic carbocycles. The predicted molar refractivity (Wildman–Crippen MR) is 98.9 cm³/mol. The number of amides is 2. The average molecular weight is 360 g/mol. The first-order valence-corrected chi connectivity index (χ1v) is 9.48. The molecule has 2 atom stereocenters. The van der Waals surface area contributed by atoms with E-state index in [2.05, 4.69) is 34.6 Å². The van der Waals surface area contributed by atoms with Crippen molar-refractivity contribution in [1.29, 1.82) is 0 Å². The van der Waals surface area contributed by atoms with Crippen molar-refractivity contribution >= 4 is 22.5 Å². The Morgan fingerprint density at radius 2 is 2.08 bits per heavy atom. The van der Waals surface area contributed by atoms with E-state index < -0.39 is 6.10 Å². The number of carbonyl (C=O) groups excluding carboxylic acids is 1. The fourth-order valence-corrected chi connectivity index (χ4v) is 3.79. The van der Waals surface area contributed by atoms with Gasteiger partial charge in [0.1, 0.15) is 5.01 Å². The van der Waals surface area contributed by atoms with Crippen LogP contribution in [0.5, 0.6) is 0 Å². The van der Waals surface area contributed by atoms with Gasteiger partial charge in [0.25, 0.3) is 0 Å². The first-order chi connectivity index (χ1) is 12.1. The van der Waals surface area contributed by atoms with Crippen LogP contribution in [0.3, 0.4) is 0 Å². The highest BCUT2D eigenvalue weighted by atomic mass is 32.1. The Bertz CT molecular complexity index is 702. The van der Waals surface area contributed by atoms with E-state index in [-0.39, 0.29) is 11.9 Å². The molecule has 2 N–H and O–H groups in total. The maximum Gasteiger partial charge on any atom is 0.323 e. The lowest BCUT2D eigenvalue weighted by atomic mass is 9.97. The Kier molecular flexibility index (Phi) is 5.65. The summed E-state index contributed by atoms with van der Waals surface area (Å²) < 4.78 is 0. The van der Waals surface area contributed by atoms with Gasteiger partial charge >= 0.3 is 6.03 Å². The van der Waals surface area contributed by atoms with E-state index in [1.165, 1.54) is 21.8 Å². The summed E-state index contributed by atoms with van der Waals surface area (Å²) in [6.45, 7) is 2.45. The van der Waals surface area contributed by atoms with Gasteiger partial charge in [0.15, 0.2) is 0 Å². The van der Waals surface area contributed by atoms with Crippen LogP contribution < -0.4 is 5.32 Å². The summed E-state index contributed by atoms with van der Waals surface area (Å²) in [5, 5.41) is 22.5. The number of benzene rings is 1. The zero-order chi connectivity index (χ0) is 17.8. The summed E-state index contributed by atoms with van der Waals surface area (Å²) in [4.78, 5) is 13.8. The van der Waals surface area contributed by atoms with Gasteiger partial charge in [-0.25, -0.2) is 4.79 Å². The SMILES string of the molecule is CCC(c1ccccc1)c1nnc(NC(=O)N(C)CC(O)C2CC2)s1. The standard InChI is InChI=1S/C18H24N4O2S/c1-3-14(12-7-5-4-6-8-12)16-20-21-17(25-16)19-18(24)22(2)11-15(23)13-9-10-13/h4-8,13-15,23H,3,9-11H2,1-2H3,(H,19,21,24). The summed E-state index contributed by atoms with van der Waals surface area (Å²) in [6, 6.07) is 9.93. The van der Waals surface area contributed by atoms with Gasteiger partial charge < -0.3 is 10.0 Å². The largest absolute Gasteiger partial charge is 0.391 e. The molecule has 0 saturated heterocycles. The Morgan fingerprint density at radius 3 is 2.72 bits per heavy atom. The Labute approximate surface area is 151 Å². The van der Waals surface area contributed by atoms with Crippen LogP contribution in [0.25, 0.3) is 0 Å². The highest BCUT2D eigenvalue weighted by Crippen LogP contribution is 2.33. The Morgan fingerprint density at radius 1 is 1.36 bits per heavy atom. The van der Waals surface area contributed by atoms with E-state index in [9.17, 15) is 9.90 Å². The molecule has 2 amide bonds. The number of likely N-dealkylation sites (N-methyl/N-ethyl adjacent to an activating group) is 1. The molecule has 0 aliphatic heterocycles. The molecule has 1 fully saturated rings. The highest BCUT2D eigenvalue weighted by Gasteiger charge is 2.31. The molecule has 6 nitrogen and oxygen atoms in total. The number of nitrogens with one attached hydrogen (secondary N) is 1. The van der Waals surface area contributed by atoms with E-state index in [1.54, 1.807) is 7.05 Å². The second-order valence-electron chi connectivity index (χ2n) is 6.53. The van der Waals surface area contributed by atoms with Crippen molar-refractivity contribution in [3.05, 3.63) is 40.9 Å². The second kappa shape index (κ2) is 7.93. The second-order valence-corrected chi connectivity index (χ2v) is 7.54. The Balaban J connectivity index is 1.61. The summed E-state index contributed by atoms with van der Waals surface area (Å²) in [6.07, 6.45) is 2.58. The fraction of sp³-hybridized carbons (Fsp3) is 0.500. The summed E-state index contributed by atoms with van der Waals surface area (Å²) in [7, 11) is 1.68. The number of aliphatic hydroxyl groups is 1. The fourth-order valence-electron chi connectivity index (χ4n) is 2.84. The minimum atomic E-state index is -0.441. The number of urea groups is 1. The molecule has 1 heterocycles. The van der Waals surface area contributed by atoms with E-state index in [1.807, 2.05) is 18.2 Å². The number of rotatable bonds is 7. The van der Waals surface area contributed by atoms with E-state index in [0.29, 0.717) is 17.6 Å². The monoisotopic (exact) mass is 360 g/mol. The normalized spacial score (nSPS) is 16.3. The van der Waals surface area contributed by atoms with Gasteiger partial charge in [-0.15, -0.1) is 10.2 Å². The Hall–Kier alpha value is -1.99. The first kappa shape index (κ1) is 17.8.